The number of rotatable bonds is 8. The van der Waals surface area contributed by atoms with Crippen molar-refractivity contribution in [1.82, 2.24) is 4.90 Å². The summed E-state index contributed by atoms with van der Waals surface area (Å²) in [6.45, 7) is 11.8. The van der Waals surface area contributed by atoms with Crippen molar-refractivity contribution in [1.29, 1.82) is 0 Å². The third-order valence-electron chi connectivity index (χ3n) is 3.62. The van der Waals surface area contributed by atoms with E-state index < -0.39 is 0 Å². The first kappa shape index (κ1) is 16.2. The molecule has 0 spiro atoms. The Bertz CT molecular complexity index is 355. The minimum atomic E-state index is -0.339. The van der Waals surface area contributed by atoms with Crippen molar-refractivity contribution in [2.45, 2.75) is 53.1 Å². The van der Waals surface area contributed by atoms with E-state index in [1.54, 1.807) is 0 Å². The van der Waals surface area contributed by atoms with Crippen LogP contribution in [0, 0.1) is 13.8 Å². The SMILES string of the molecule is CCCCN(CC)CCC(O)c1cc(C)cc(C)c1. The first-order valence-corrected chi connectivity index (χ1v) is 7.55. The second-order valence-corrected chi connectivity index (χ2v) is 5.51. The van der Waals surface area contributed by atoms with Gasteiger partial charge in [0.1, 0.15) is 0 Å². The van der Waals surface area contributed by atoms with Crippen LogP contribution in [-0.4, -0.2) is 29.6 Å². The number of nitrogens with zero attached hydrogens (tertiary/aromatic N) is 1. The van der Waals surface area contributed by atoms with E-state index in [0.29, 0.717) is 0 Å². The Morgan fingerprint density at radius 1 is 1.05 bits per heavy atom. The highest BCUT2D eigenvalue weighted by molar-refractivity contribution is 5.29. The van der Waals surface area contributed by atoms with Crippen LogP contribution < -0.4 is 0 Å². The van der Waals surface area contributed by atoms with E-state index in [1.807, 2.05) is 0 Å². The third-order valence-corrected chi connectivity index (χ3v) is 3.62. The average molecular weight is 263 g/mol. The molecule has 0 fully saturated rings. The van der Waals surface area contributed by atoms with Crippen molar-refractivity contribution >= 4 is 0 Å². The summed E-state index contributed by atoms with van der Waals surface area (Å²) in [5.74, 6) is 0. The monoisotopic (exact) mass is 263 g/mol. The van der Waals surface area contributed by atoms with E-state index in [1.165, 1.54) is 24.0 Å². The summed E-state index contributed by atoms with van der Waals surface area (Å²) < 4.78 is 0. The second-order valence-electron chi connectivity index (χ2n) is 5.51. The molecule has 0 saturated carbocycles. The molecule has 0 heterocycles. The predicted molar refractivity (Wildman–Crippen MR) is 82.5 cm³/mol. The molecule has 108 valence electrons. The highest BCUT2D eigenvalue weighted by atomic mass is 16.3. The number of aliphatic hydroxyl groups excluding tert-OH is 1. The van der Waals surface area contributed by atoms with Crippen LogP contribution in [0.4, 0.5) is 0 Å². The summed E-state index contributed by atoms with van der Waals surface area (Å²) in [6, 6.07) is 6.34. The Morgan fingerprint density at radius 3 is 2.21 bits per heavy atom. The topological polar surface area (TPSA) is 23.5 Å². The number of hydrogen-bond acceptors (Lipinski definition) is 2. The van der Waals surface area contributed by atoms with Crippen molar-refractivity contribution in [2.24, 2.45) is 0 Å². The maximum Gasteiger partial charge on any atom is 0.0802 e. The molecule has 0 aliphatic carbocycles. The molecule has 0 aromatic heterocycles. The molecular formula is C17H29NO. The van der Waals surface area contributed by atoms with Gasteiger partial charge in [-0.05, 0) is 45.3 Å². The number of aliphatic hydroxyl groups is 1. The second kappa shape index (κ2) is 8.34. The molecule has 0 bridgehead atoms. The predicted octanol–water partition coefficient (Wildman–Crippen LogP) is 3.85. The summed E-state index contributed by atoms with van der Waals surface area (Å²) in [7, 11) is 0. The highest BCUT2D eigenvalue weighted by Crippen LogP contribution is 2.20. The lowest BCUT2D eigenvalue weighted by molar-refractivity contribution is 0.143. The van der Waals surface area contributed by atoms with Crippen molar-refractivity contribution < 1.29 is 5.11 Å². The van der Waals surface area contributed by atoms with Gasteiger partial charge in [-0.3, -0.25) is 0 Å². The third kappa shape index (κ3) is 5.75. The summed E-state index contributed by atoms with van der Waals surface area (Å²) in [5, 5.41) is 10.3. The lowest BCUT2D eigenvalue weighted by atomic mass is 10.0. The molecule has 19 heavy (non-hydrogen) atoms. The van der Waals surface area contributed by atoms with E-state index in [2.05, 4.69) is 50.8 Å². The van der Waals surface area contributed by atoms with Gasteiger partial charge in [0.05, 0.1) is 6.10 Å². The molecule has 0 aliphatic heterocycles. The molecule has 1 aromatic rings. The van der Waals surface area contributed by atoms with E-state index in [4.69, 9.17) is 0 Å². The molecule has 0 amide bonds. The van der Waals surface area contributed by atoms with Crippen LogP contribution in [0.2, 0.25) is 0 Å². The molecule has 1 atom stereocenters. The van der Waals surface area contributed by atoms with E-state index in [9.17, 15) is 5.11 Å². The summed E-state index contributed by atoms with van der Waals surface area (Å²) in [5.41, 5.74) is 3.52. The number of unbranched alkanes of at least 4 members (excludes halogenated alkanes) is 1. The maximum atomic E-state index is 10.3. The Hall–Kier alpha value is -0.860. The van der Waals surface area contributed by atoms with Crippen LogP contribution in [0.3, 0.4) is 0 Å². The van der Waals surface area contributed by atoms with Gasteiger partial charge in [0.2, 0.25) is 0 Å². The first-order valence-electron chi connectivity index (χ1n) is 7.55. The molecule has 2 heteroatoms. The van der Waals surface area contributed by atoms with Crippen molar-refractivity contribution in [3.63, 3.8) is 0 Å². The molecule has 2 nitrogen and oxygen atoms in total. The van der Waals surface area contributed by atoms with Crippen LogP contribution in [0.1, 0.15) is 55.9 Å². The molecule has 0 aliphatic rings. The minimum Gasteiger partial charge on any atom is -0.388 e. The van der Waals surface area contributed by atoms with Gasteiger partial charge >= 0.3 is 0 Å². The molecular weight excluding hydrogens is 234 g/mol. The lowest BCUT2D eigenvalue weighted by Crippen LogP contribution is -2.26. The average Bonchev–Trinajstić information content (AvgIpc) is 2.37. The fourth-order valence-electron chi connectivity index (χ4n) is 2.48. The van der Waals surface area contributed by atoms with Gasteiger partial charge in [-0.1, -0.05) is 49.6 Å². The Morgan fingerprint density at radius 2 is 1.68 bits per heavy atom. The molecule has 0 radical (unpaired) electrons. The highest BCUT2D eigenvalue weighted by Gasteiger charge is 2.10. The van der Waals surface area contributed by atoms with Crippen LogP contribution in [0.15, 0.2) is 18.2 Å². The zero-order valence-electron chi connectivity index (χ0n) is 12.9. The smallest absolute Gasteiger partial charge is 0.0802 e. The quantitative estimate of drug-likeness (QED) is 0.770. The zero-order valence-corrected chi connectivity index (χ0v) is 12.9. The lowest BCUT2D eigenvalue weighted by Gasteiger charge is -2.22. The van der Waals surface area contributed by atoms with Gasteiger partial charge in [-0.2, -0.15) is 0 Å². The van der Waals surface area contributed by atoms with Crippen LogP contribution in [0.5, 0.6) is 0 Å². The number of benzene rings is 1. The van der Waals surface area contributed by atoms with Crippen LogP contribution in [-0.2, 0) is 0 Å². The van der Waals surface area contributed by atoms with Crippen molar-refractivity contribution in [3.8, 4) is 0 Å². The van der Waals surface area contributed by atoms with Gasteiger partial charge in [0, 0.05) is 6.54 Å². The van der Waals surface area contributed by atoms with Gasteiger partial charge in [0.25, 0.3) is 0 Å². The fraction of sp³-hybridized carbons (Fsp3) is 0.647. The van der Waals surface area contributed by atoms with Gasteiger partial charge in [0.15, 0.2) is 0 Å². The maximum absolute atomic E-state index is 10.3. The Kier molecular flexibility index (Phi) is 7.11. The Labute approximate surface area is 118 Å². The molecule has 1 unspecified atom stereocenters. The van der Waals surface area contributed by atoms with E-state index in [-0.39, 0.29) is 6.10 Å². The summed E-state index contributed by atoms with van der Waals surface area (Å²) >= 11 is 0. The number of hydrogen-bond donors (Lipinski definition) is 1. The van der Waals surface area contributed by atoms with Gasteiger partial charge in [-0.25, -0.2) is 0 Å². The largest absolute Gasteiger partial charge is 0.388 e. The van der Waals surface area contributed by atoms with Gasteiger partial charge in [-0.15, -0.1) is 0 Å². The Balaban J connectivity index is 2.51. The standard InChI is InChI=1S/C17H29NO/c1-5-7-9-18(6-2)10-8-17(19)16-12-14(3)11-15(4)13-16/h11-13,17,19H,5-10H2,1-4H3. The molecule has 0 saturated heterocycles. The van der Waals surface area contributed by atoms with Crippen LogP contribution in [0.25, 0.3) is 0 Å². The molecule has 1 N–H and O–H groups in total. The zero-order chi connectivity index (χ0) is 14.3. The van der Waals surface area contributed by atoms with E-state index >= 15 is 0 Å². The van der Waals surface area contributed by atoms with Crippen molar-refractivity contribution in [2.75, 3.05) is 19.6 Å². The van der Waals surface area contributed by atoms with Crippen molar-refractivity contribution in [3.05, 3.63) is 34.9 Å². The minimum absolute atomic E-state index is 0.339. The molecule has 1 aromatic carbocycles. The van der Waals surface area contributed by atoms with Gasteiger partial charge < -0.3 is 10.0 Å². The normalized spacial score (nSPS) is 12.9. The number of aryl methyl sites for hydroxylation is 2. The van der Waals surface area contributed by atoms with E-state index in [0.717, 1.165) is 31.6 Å². The summed E-state index contributed by atoms with van der Waals surface area (Å²) in [6.07, 6.45) is 2.96. The molecule has 1 rings (SSSR count). The fourth-order valence-corrected chi connectivity index (χ4v) is 2.48. The van der Waals surface area contributed by atoms with Crippen LogP contribution >= 0.6 is 0 Å². The first-order chi connectivity index (χ1) is 9.06. The summed E-state index contributed by atoms with van der Waals surface area (Å²) in [4.78, 5) is 2.43.